The minimum atomic E-state index is 0. The predicted octanol–water partition coefficient (Wildman–Crippen LogP) is 14.8. The van der Waals surface area contributed by atoms with Gasteiger partial charge >= 0.3 is 0 Å². The number of hydrogen-bond donors (Lipinski definition) is 0. The molecule has 0 spiro atoms. The minimum absolute atomic E-state index is 0. The van der Waals surface area contributed by atoms with Crippen molar-refractivity contribution in [3.05, 3.63) is 172 Å². The number of amidine groups is 1. The second kappa shape index (κ2) is 23.1. The van der Waals surface area contributed by atoms with Crippen LogP contribution in [0.5, 0.6) is 0 Å². The molecular weight excluding hydrogens is 722 g/mol. The second-order valence-corrected chi connectivity index (χ2v) is 14.8. The molecule has 278 valence electrons. The van der Waals surface area contributed by atoms with Gasteiger partial charge in [-0.3, -0.25) is 0 Å². The van der Waals surface area contributed by atoms with Gasteiger partial charge in [0.25, 0.3) is 0 Å². The van der Waals surface area contributed by atoms with E-state index in [1.807, 2.05) is 60.7 Å². The van der Waals surface area contributed by atoms with E-state index in [-0.39, 0.29) is 26.2 Å². The van der Waals surface area contributed by atoms with E-state index in [1.165, 1.54) is 49.7 Å². The smallest absolute Gasteiger partial charge is 0 e. The normalized spacial score (nSPS) is 15.6. The van der Waals surface area contributed by atoms with E-state index in [2.05, 4.69) is 107 Å². The molecule has 2 aliphatic rings. The van der Waals surface area contributed by atoms with Crippen LogP contribution in [0.1, 0.15) is 126 Å². The van der Waals surface area contributed by atoms with E-state index < -0.39 is 0 Å². The molecule has 0 saturated heterocycles. The number of rotatable bonds is 9. The number of aliphatic imine (C=N–C) groups is 1. The van der Waals surface area contributed by atoms with Gasteiger partial charge in [-0.05, 0) is 40.6 Å². The Morgan fingerprint density at radius 3 is 1.49 bits per heavy atom. The fourth-order valence-corrected chi connectivity index (χ4v) is 7.16. The zero-order chi connectivity index (χ0) is 36.4. The van der Waals surface area contributed by atoms with Gasteiger partial charge in [-0.2, -0.15) is 36.4 Å². The van der Waals surface area contributed by atoms with Crippen LogP contribution in [0.15, 0.2) is 145 Å². The van der Waals surface area contributed by atoms with Gasteiger partial charge in [0, 0.05) is 26.2 Å². The van der Waals surface area contributed by atoms with Gasteiger partial charge in [0.1, 0.15) is 0 Å². The molecule has 0 aliphatic heterocycles. The summed E-state index contributed by atoms with van der Waals surface area (Å²) < 4.78 is 0. The van der Waals surface area contributed by atoms with Crippen LogP contribution < -0.4 is 0 Å². The summed E-state index contributed by atoms with van der Waals surface area (Å²) in [6, 6.07) is 48.9. The molecule has 0 aromatic heterocycles. The summed E-state index contributed by atoms with van der Waals surface area (Å²) in [5.41, 5.74) is 7.98. The molecule has 5 aromatic carbocycles. The molecule has 0 amide bonds. The zero-order valence-electron chi connectivity index (χ0n) is 32.5. The van der Waals surface area contributed by atoms with Crippen LogP contribution in [0.2, 0.25) is 0 Å². The number of nitrogens with zero attached hydrogens (tertiary/aromatic N) is 3. The molecule has 3 nitrogen and oxygen atoms in total. The molecule has 0 atom stereocenters. The van der Waals surface area contributed by atoms with Crippen molar-refractivity contribution in [3.8, 4) is 0 Å². The third kappa shape index (κ3) is 13.3. The molecule has 53 heavy (non-hydrogen) atoms. The Labute approximate surface area is 340 Å². The van der Waals surface area contributed by atoms with Crippen LogP contribution in [0.25, 0.3) is 21.9 Å². The van der Waals surface area contributed by atoms with Gasteiger partial charge in [0.15, 0.2) is 0 Å². The first kappa shape index (κ1) is 42.0. The van der Waals surface area contributed by atoms with Crippen molar-refractivity contribution in [3.63, 3.8) is 0 Å². The third-order valence-corrected chi connectivity index (χ3v) is 10.0. The maximum atomic E-state index is 5.69. The molecule has 7 rings (SSSR count). The Bertz CT molecular complexity index is 1640. The number of benzene rings is 3. The summed E-state index contributed by atoms with van der Waals surface area (Å²) in [6.45, 7) is 9.10. The van der Waals surface area contributed by atoms with E-state index in [4.69, 9.17) is 15.6 Å². The van der Waals surface area contributed by atoms with Crippen LogP contribution in [0.4, 0.5) is 5.69 Å². The Balaban J connectivity index is 0.000000492. The summed E-state index contributed by atoms with van der Waals surface area (Å²) in [7, 11) is 0. The minimum Gasteiger partial charge on any atom is -0.656 e. The van der Waals surface area contributed by atoms with E-state index >= 15 is 0 Å². The maximum Gasteiger partial charge on any atom is 0 e. The van der Waals surface area contributed by atoms with Crippen molar-refractivity contribution in [2.24, 2.45) is 4.99 Å². The van der Waals surface area contributed by atoms with Crippen molar-refractivity contribution in [2.45, 2.75) is 116 Å². The maximum absolute atomic E-state index is 5.69. The molecule has 0 radical (unpaired) electrons. The molecule has 2 saturated carbocycles. The second-order valence-electron chi connectivity index (χ2n) is 14.8. The van der Waals surface area contributed by atoms with Gasteiger partial charge in [-0.15, -0.1) is 11.4 Å². The molecule has 2 fully saturated rings. The van der Waals surface area contributed by atoms with Gasteiger partial charge < -0.3 is 15.6 Å². The Morgan fingerprint density at radius 1 is 0.566 bits per heavy atom. The molecule has 2 aliphatic carbocycles. The van der Waals surface area contributed by atoms with Crippen LogP contribution in [-0.4, -0.2) is 17.9 Å². The summed E-state index contributed by atoms with van der Waals surface area (Å²) in [6.07, 6.45) is 12.3. The van der Waals surface area contributed by atoms with E-state index in [0.29, 0.717) is 23.9 Å². The van der Waals surface area contributed by atoms with Crippen LogP contribution in [-0.2, 0) is 26.2 Å². The average Bonchev–Trinajstić information content (AvgIpc) is 3.97. The van der Waals surface area contributed by atoms with Crippen molar-refractivity contribution >= 4 is 22.8 Å². The fourth-order valence-electron chi connectivity index (χ4n) is 7.16. The molecular formula is C49H59N3Zr-4. The summed E-state index contributed by atoms with van der Waals surface area (Å²) in [4.78, 5) is 5.54. The number of hydrogen-bond acceptors (Lipinski definition) is 1. The molecule has 0 unspecified atom stereocenters. The standard InChI is InChI=1S/C39H49N3.2C5H5.Zr/c1-28(2)34-26-17-27-35(29(3)4)38(34)42-37(31-20-11-6-12-21-31)36(30-18-9-5-10-19-30)39(40-32-22-13-7-14-23-32)41-33-24-15-8-16-25-33;2*1-2-4-5-3-1;/h5-6,9-12,17-21,26-29,32-33H,7-8,13-16,22-25H2,1-4H3;2*1-5H;/q-2;2*-1;. The SMILES string of the molecule is CC(C)c1cccc(C(C)C)c1[N-]C(=C(C(=NC1CCCCC1)[N-]C1CCCCC1)c1ccccc1)c1ccccc1.[Zr].c1cc[cH-]c1.c1cc[cH-]c1. The largest absolute Gasteiger partial charge is 0.656 e. The van der Waals surface area contributed by atoms with E-state index in [1.54, 1.807) is 0 Å². The summed E-state index contributed by atoms with van der Waals surface area (Å²) in [5.74, 6) is 1.64. The predicted molar refractivity (Wildman–Crippen MR) is 226 cm³/mol. The quantitative estimate of drug-likeness (QED) is 0.0619. The zero-order valence-corrected chi connectivity index (χ0v) is 35.0. The summed E-state index contributed by atoms with van der Waals surface area (Å²) >= 11 is 0. The van der Waals surface area contributed by atoms with E-state index in [9.17, 15) is 0 Å². The van der Waals surface area contributed by atoms with Crippen LogP contribution >= 0.6 is 0 Å². The number of para-hydroxylation sites is 1. The topological polar surface area (TPSA) is 40.6 Å². The molecule has 5 aromatic rings. The first-order chi connectivity index (χ1) is 25.5. The van der Waals surface area contributed by atoms with E-state index in [0.717, 1.165) is 59.6 Å². The monoisotopic (exact) mass is 779 g/mol. The van der Waals surface area contributed by atoms with Gasteiger partial charge in [0.2, 0.25) is 0 Å². The van der Waals surface area contributed by atoms with Crippen molar-refractivity contribution in [1.82, 2.24) is 0 Å². The molecule has 0 N–H and O–H groups in total. The third-order valence-electron chi connectivity index (χ3n) is 10.0. The Morgan fingerprint density at radius 2 is 1.04 bits per heavy atom. The molecule has 4 heteroatoms. The van der Waals surface area contributed by atoms with Gasteiger partial charge in [-0.1, -0.05) is 188 Å². The van der Waals surface area contributed by atoms with Crippen LogP contribution in [0, 0.1) is 0 Å². The molecule has 0 bridgehead atoms. The van der Waals surface area contributed by atoms with Gasteiger partial charge in [0.05, 0.1) is 0 Å². The Kier molecular flexibility index (Phi) is 18.3. The van der Waals surface area contributed by atoms with Crippen LogP contribution in [0.3, 0.4) is 0 Å². The van der Waals surface area contributed by atoms with Crippen molar-refractivity contribution in [2.75, 3.05) is 0 Å². The fraction of sp³-hybridized carbons (Fsp3) is 0.367. The Hall–Kier alpha value is -3.75. The van der Waals surface area contributed by atoms with Gasteiger partial charge in [-0.25, -0.2) is 24.3 Å². The first-order valence-corrected chi connectivity index (χ1v) is 19.8. The summed E-state index contributed by atoms with van der Waals surface area (Å²) in [5, 5.41) is 11.2. The van der Waals surface area contributed by atoms with Crippen molar-refractivity contribution in [1.29, 1.82) is 0 Å². The van der Waals surface area contributed by atoms with Crippen molar-refractivity contribution < 1.29 is 26.2 Å². The average molecular weight is 781 g/mol. The first-order valence-electron chi connectivity index (χ1n) is 19.8. The molecule has 0 heterocycles.